The molecule has 3 aromatic rings. The highest BCUT2D eigenvalue weighted by Crippen LogP contribution is 2.40. The summed E-state index contributed by atoms with van der Waals surface area (Å²) in [6, 6.07) is 4.33. The number of phenols is 1. The fourth-order valence-corrected chi connectivity index (χ4v) is 5.14. The second kappa shape index (κ2) is 8.68. The molecule has 0 spiro atoms. The Morgan fingerprint density at radius 1 is 1.17 bits per heavy atom. The number of hydrogen-bond acceptors (Lipinski definition) is 7. The summed E-state index contributed by atoms with van der Waals surface area (Å²) >= 11 is 2.96. The van der Waals surface area contributed by atoms with Crippen molar-refractivity contribution < 1.29 is 45.4 Å². The van der Waals surface area contributed by atoms with Gasteiger partial charge in [-0.05, 0) is 40.2 Å². The normalized spacial score (nSPS) is 15.0. The first-order valence-corrected chi connectivity index (χ1v) is 11.8. The van der Waals surface area contributed by atoms with Crippen LogP contribution in [0.4, 0.5) is 23.2 Å². The summed E-state index contributed by atoms with van der Waals surface area (Å²) in [5.41, 5.74) is -2.68. The van der Waals surface area contributed by atoms with Crippen molar-refractivity contribution in [1.82, 2.24) is 4.98 Å². The fraction of sp³-hybridized carbons (Fsp3) is 0.143. The number of nitrogens with zero attached hydrogens (tertiary/aromatic N) is 1. The average molecular weight is 577 g/mol. The molecule has 4 bridgehead atoms. The minimum atomic E-state index is -4.84. The number of pyridine rings is 1. The molecule has 35 heavy (non-hydrogen) atoms. The molecule has 0 radical (unpaired) electrons. The Kier molecular flexibility index (Phi) is 6.13. The number of sulfonamides is 1. The number of carbonyl (C=O) groups is 1. The van der Waals surface area contributed by atoms with Gasteiger partial charge in [-0.3, -0.25) is 9.71 Å². The van der Waals surface area contributed by atoms with Crippen LogP contribution in [0, 0.1) is 5.82 Å². The number of alkyl halides is 3. The van der Waals surface area contributed by atoms with Crippen LogP contribution in [0.5, 0.6) is 11.5 Å². The van der Waals surface area contributed by atoms with E-state index in [1.807, 2.05) is 0 Å². The summed E-state index contributed by atoms with van der Waals surface area (Å²) in [5, 5.41) is 10.3. The van der Waals surface area contributed by atoms with Crippen LogP contribution in [-0.2, 0) is 27.5 Å². The van der Waals surface area contributed by atoms with Crippen molar-refractivity contribution in [3.8, 4) is 22.6 Å². The summed E-state index contributed by atoms with van der Waals surface area (Å²) in [4.78, 5) is 15.2. The van der Waals surface area contributed by atoms with Gasteiger partial charge in [0.25, 0.3) is 10.0 Å². The second-order valence-electron chi connectivity index (χ2n) is 7.24. The Morgan fingerprint density at radius 2 is 1.89 bits per heavy atom. The van der Waals surface area contributed by atoms with Gasteiger partial charge in [0.1, 0.15) is 34.5 Å². The molecule has 0 unspecified atom stereocenters. The van der Waals surface area contributed by atoms with Gasteiger partial charge < -0.3 is 14.6 Å². The van der Waals surface area contributed by atoms with Crippen LogP contribution in [0.15, 0.2) is 45.9 Å². The smallest absolute Gasteiger partial charge is 0.433 e. The maximum Gasteiger partial charge on any atom is 0.433 e. The van der Waals surface area contributed by atoms with Crippen molar-refractivity contribution in [3.05, 3.63) is 63.6 Å². The highest BCUT2D eigenvalue weighted by Gasteiger charge is 2.34. The predicted molar refractivity (Wildman–Crippen MR) is 117 cm³/mol. The van der Waals surface area contributed by atoms with Crippen LogP contribution >= 0.6 is 15.9 Å². The number of carbonyl (C=O) groups excluding carboxylic acids is 1. The maximum absolute atomic E-state index is 15.0. The third-order valence-corrected chi connectivity index (χ3v) is 7.00. The molecular weight excluding hydrogens is 564 g/mol. The highest BCUT2D eigenvalue weighted by atomic mass is 79.9. The molecule has 2 aromatic carbocycles. The quantitative estimate of drug-likeness (QED) is 0.314. The number of hydrogen-bond donors (Lipinski definition) is 2. The summed E-state index contributed by atoms with van der Waals surface area (Å²) in [6.45, 7) is -0.728. The van der Waals surface area contributed by atoms with Crippen LogP contribution in [0.25, 0.3) is 11.1 Å². The first-order chi connectivity index (χ1) is 16.3. The number of halogens is 5. The van der Waals surface area contributed by atoms with E-state index in [0.717, 1.165) is 37.6 Å². The first-order valence-electron chi connectivity index (χ1n) is 9.48. The topological polar surface area (TPSA) is 115 Å². The van der Waals surface area contributed by atoms with E-state index < -0.39 is 50.9 Å². The minimum Gasteiger partial charge on any atom is -0.505 e. The number of anilines is 1. The molecule has 0 saturated heterocycles. The molecular formula is C21H13BrF4N2O6S. The summed E-state index contributed by atoms with van der Waals surface area (Å²) in [6.07, 6.45) is -4.09. The van der Waals surface area contributed by atoms with Gasteiger partial charge >= 0.3 is 12.1 Å². The van der Waals surface area contributed by atoms with E-state index in [2.05, 4.69) is 25.6 Å². The van der Waals surface area contributed by atoms with Gasteiger partial charge in [-0.1, -0.05) is 0 Å². The lowest BCUT2D eigenvalue weighted by Gasteiger charge is -2.17. The number of rotatable bonds is 1. The lowest BCUT2D eigenvalue weighted by atomic mass is 10.00. The fourth-order valence-electron chi connectivity index (χ4n) is 3.35. The van der Waals surface area contributed by atoms with Gasteiger partial charge in [-0.15, -0.1) is 0 Å². The van der Waals surface area contributed by atoms with Crippen molar-refractivity contribution in [2.45, 2.75) is 17.7 Å². The van der Waals surface area contributed by atoms with Crippen LogP contribution in [0.1, 0.15) is 21.6 Å². The van der Waals surface area contributed by atoms with Crippen LogP contribution in [-0.4, -0.2) is 31.6 Å². The summed E-state index contributed by atoms with van der Waals surface area (Å²) in [5.74, 6) is -3.07. The third-order valence-electron chi connectivity index (χ3n) is 5.02. The van der Waals surface area contributed by atoms with E-state index in [9.17, 15) is 35.9 Å². The molecule has 0 aliphatic carbocycles. The van der Waals surface area contributed by atoms with E-state index in [-0.39, 0.29) is 38.2 Å². The Labute approximate surface area is 203 Å². The molecule has 184 valence electrons. The number of nitrogens with one attached hydrogen (secondary N) is 1. The third kappa shape index (κ3) is 4.62. The molecule has 0 atom stereocenters. The average Bonchev–Trinajstić information content (AvgIpc) is 2.78. The Morgan fingerprint density at radius 3 is 2.54 bits per heavy atom. The molecule has 4 rings (SSSR count). The SMILES string of the molecule is COc1cc(F)c2cc1NS(=O)(=O)c1cc(cc(Br)c1O)C(=O)OCc1cc(C(F)(F)F)ncc1-2. The largest absolute Gasteiger partial charge is 0.505 e. The number of methoxy groups -OCH3 is 1. The van der Waals surface area contributed by atoms with Crippen LogP contribution in [0.3, 0.4) is 0 Å². The van der Waals surface area contributed by atoms with Gasteiger partial charge in [0.15, 0.2) is 0 Å². The van der Waals surface area contributed by atoms with Crippen molar-refractivity contribution in [2.24, 2.45) is 0 Å². The molecule has 0 amide bonds. The second-order valence-corrected chi connectivity index (χ2v) is 9.75. The number of esters is 1. The van der Waals surface area contributed by atoms with Crippen molar-refractivity contribution in [1.29, 1.82) is 0 Å². The van der Waals surface area contributed by atoms with E-state index in [1.54, 1.807) is 0 Å². The standard InChI is InChI=1S/C21H13BrF4N2O6S/c1-33-16-6-14(23)11-5-15(16)28-35(31,32)17-3-9(2-13(22)19(17)29)20(30)34-8-10-4-18(21(24,25)26)27-7-12(10)11/h2-7,28-29H,8H2,1H3. The molecule has 1 aliphatic rings. The van der Waals surface area contributed by atoms with Gasteiger partial charge in [-0.2, -0.15) is 13.2 Å². The molecule has 1 aliphatic heterocycles. The monoisotopic (exact) mass is 576 g/mol. The van der Waals surface area contributed by atoms with Gasteiger partial charge in [-0.25, -0.2) is 17.6 Å². The number of aromatic nitrogens is 1. The molecule has 8 nitrogen and oxygen atoms in total. The Bertz CT molecular complexity index is 1480. The number of phenolic OH excluding ortho intramolecular Hbond substituents is 1. The Balaban J connectivity index is 2.03. The lowest BCUT2D eigenvalue weighted by molar-refractivity contribution is -0.141. The number of fused-ring (bicyclic) bond motifs is 6. The predicted octanol–water partition coefficient (Wildman–Crippen LogP) is 4.85. The number of benzene rings is 2. The summed E-state index contributed by atoms with van der Waals surface area (Å²) in [7, 11) is -3.44. The minimum absolute atomic E-state index is 0.169. The zero-order chi connectivity index (χ0) is 25.7. The van der Waals surface area contributed by atoms with Crippen LogP contribution < -0.4 is 9.46 Å². The molecule has 2 N–H and O–H groups in total. The lowest BCUT2D eigenvalue weighted by Crippen LogP contribution is -2.15. The van der Waals surface area contributed by atoms with E-state index in [1.165, 1.54) is 0 Å². The van der Waals surface area contributed by atoms with Gasteiger partial charge in [0.05, 0.1) is 22.8 Å². The van der Waals surface area contributed by atoms with E-state index in [0.29, 0.717) is 6.07 Å². The van der Waals surface area contributed by atoms with Crippen molar-refractivity contribution in [3.63, 3.8) is 0 Å². The first kappa shape index (κ1) is 24.7. The van der Waals surface area contributed by atoms with Gasteiger partial charge in [0.2, 0.25) is 0 Å². The molecule has 0 fully saturated rings. The zero-order valence-corrected chi connectivity index (χ0v) is 19.8. The molecule has 2 heterocycles. The number of ether oxygens (including phenoxy) is 2. The molecule has 1 aromatic heterocycles. The Hall–Kier alpha value is -3.39. The summed E-state index contributed by atoms with van der Waals surface area (Å²) < 4.78 is 93.1. The number of aromatic hydroxyl groups is 1. The number of cyclic esters (lactones) is 1. The van der Waals surface area contributed by atoms with Gasteiger partial charge in [0, 0.05) is 29.0 Å². The van der Waals surface area contributed by atoms with E-state index >= 15 is 0 Å². The van der Waals surface area contributed by atoms with Crippen molar-refractivity contribution in [2.75, 3.05) is 11.8 Å². The molecule has 14 heteroatoms. The maximum atomic E-state index is 15.0. The zero-order valence-electron chi connectivity index (χ0n) is 17.4. The molecule has 0 saturated carbocycles. The van der Waals surface area contributed by atoms with E-state index in [4.69, 9.17) is 9.47 Å². The van der Waals surface area contributed by atoms with Crippen LogP contribution in [0.2, 0.25) is 0 Å². The highest BCUT2D eigenvalue weighted by molar-refractivity contribution is 9.10. The van der Waals surface area contributed by atoms with Crippen molar-refractivity contribution >= 4 is 37.6 Å².